The van der Waals surface area contributed by atoms with Crippen LogP contribution in [0.2, 0.25) is 0 Å². The van der Waals surface area contributed by atoms with E-state index in [9.17, 15) is 4.79 Å². The molecule has 1 amide bonds. The number of hydrogen-bond donors (Lipinski definition) is 1. The predicted octanol–water partition coefficient (Wildman–Crippen LogP) is 3.45. The largest absolute Gasteiger partial charge is 0.486 e. The summed E-state index contributed by atoms with van der Waals surface area (Å²) in [6, 6.07) is 11.3. The zero-order chi connectivity index (χ0) is 16.9. The van der Waals surface area contributed by atoms with Gasteiger partial charge in [0.2, 0.25) is 0 Å². The number of rotatable bonds is 5. The molecule has 0 spiro atoms. The van der Waals surface area contributed by atoms with Gasteiger partial charge in [0.1, 0.15) is 18.1 Å². The Morgan fingerprint density at radius 1 is 1.25 bits per heavy atom. The van der Waals surface area contributed by atoms with Crippen LogP contribution in [0.25, 0.3) is 0 Å². The standard InChI is InChI=1S/C18H21BrN2O3/c1-21-10-8-14(9-11-21)20-18(22)17-7-6-16(24-17)12-23-15-4-2-13(19)3-5-15/h2-7,14H,8-12H2,1H3,(H,20,22). The first-order valence-corrected chi connectivity index (χ1v) is 8.86. The second-order valence-electron chi connectivity index (χ2n) is 6.06. The van der Waals surface area contributed by atoms with Crippen molar-refractivity contribution in [1.82, 2.24) is 10.2 Å². The first kappa shape index (κ1) is 17.0. The highest BCUT2D eigenvalue weighted by Crippen LogP contribution is 2.18. The zero-order valence-corrected chi connectivity index (χ0v) is 15.2. The topological polar surface area (TPSA) is 54.7 Å². The number of nitrogens with zero attached hydrogens (tertiary/aromatic N) is 1. The van der Waals surface area contributed by atoms with Gasteiger partial charge in [0, 0.05) is 10.5 Å². The third kappa shape index (κ3) is 4.61. The number of benzene rings is 1. The molecular formula is C18H21BrN2O3. The van der Waals surface area contributed by atoms with Crippen molar-refractivity contribution in [2.24, 2.45) is 0 Å². The van der Waals surface area contributed by atoms with Gasteiger partial charge in [-0.15, -0.1) is 0 Å². The Kier molecular flexibility index (Phi) is 5.58. The van der Waals surface area contributed by atoms with Crippen molar-refractivity contribution in [3.8, 4) is 5.75 Å². The van der Waals surface area contributed by atoms with E-state index in [1.807, 2.05) is 24.3 Å². The molecule has 5 nitrogen and oxygen atoms in total. The van der Waals surface area contributed by atoms with Gasteiger partial charge in [-0.25, -0.2) is 0 Å². The van der Waals surface area contributed by atoms with E-state index in [1.165, 1.54) is 0 Å². The second-order valence-corrected chi connectivity index (χ2v) is 6.98. The summed E-state index contributed by atoms with van der Waals surface area (Å²) < 4.78 is 12.2. The minimum Gasteiger partial charge on any atom is -0.486 e. The molecule has 0 unspecified atom stereocenters. The molecule has 1 N–H and O–H groups in total. The molecule has 0 atom stereocenters. The Labute approximate surface area is 150 Å². The monoisotopic (exact) mass is 392 g/mol. The van der Waals surface area contributed by atoms with Crippen molar-refractivity contribution in [1.29, 1.82) is 0 Å². The van der Waals surface area contributed by atoms with Crippen LogP contribution in [-0.4, -0.2) is 37.0 Å². The number of nitrogens with one attached hydrogen (secondary N) is 1. The molecule has 3 rings (SSSR count). The fourth-order valence-corrected chi connectivity index (χ4v) is 2.94. The Bertz CT molecular complexity index is 676. The molecule has 1 aliphatic rings. The Hall–Kier alpha value is -1.79. The predicted molar refractivity (Wildman–Crippen MR) is 95.2 cm³/mol. The molecular weight excluding hydrogens is 372 g/mol. The number of halogens is 1. The fraction of sp³-hybridized carbons (Fsp3) is 0.389. The molecule has 1 saturated heterocycles. The van der Waals surface area contributed by atoms with Gasteiger partial charge in [0.15, 0.2) is 5.76 Å². The lowest BCUT2D eigenvalue weighted by Crippen LogP contribution is -2.43. The number of likely N-dealkylation sites (tertiary alicyclic amines) is 1. The Balaban J connectivity index is 1.51. The maximum atomic E-state index is 12.3. The second kappa shape index (κ2) is 7.85. The molecule has 2 heterocycles. The van der Waals surface area contributed by atoms with Crippen LogP contribution in [0.4, 0.5) is 0 Å². The third-order valence-corrected chi connectivity index (χ3v) is 4.66. The van der Waals surface area contributed by atoms with Crippen LogP contribution in [0.3, 0.4) is 0 Å². The number of carbonyl (C=O) groups is 1. The van der Waals surface area contributed by atoms with Crippen molar-refractivity contribution in [3.63, 3.8) is 0 Å². The molecule has 6 heteroatoms. The molecule has 0 saturated carbocycles. The maximum Gasteiger partial charge on any atom is 0.287 e. The SMILES string of the molecule is CN1CCC(NC(=O)c2ccc(COc3ccc(Br)cc3)o2)CC1. The van der Waals surface area contributed by atoms with Gasteiger partial charge in [0.25, 0.3) is 5.91 Å². The summed E-state index contributed by atoms with van der Waals surface area (Å²) in [6.45, 7) is 2.31. The lowest BCUT2D eigenvalue weighted by atomic mass is 10.1. The summed E-state index contributed by atoms with van der Waals surface area (Å²) in [5.41, 5.74) is 0. The van der Waals surface area contributed by atoms with Crippen molar-refractivity contribution in [3.05, 3.63) is 52.4 Å². The van der Waals surface area contributed by atoms with E-state index in [1.54, 1.807) is 12.1 Å². The van der Waals surface area contributed by atoms with Crippen LogP contribution in [0.5, 0.6) is 5.75 Å². The van der Waals surface area contributed by atoms with Gasteiger partial charge in [-0.1, -0.05) is 15.9 Å². The normalized spacial score (nSPS) is 16.1. The summed E-state index contributed by atoms with van der Waals surface area (Å²) in [5.74, 6) is 1.57. The third-order valence-electron chi connectivity index (χ3n) is 4.13. The Morgan fingerprint density at radius 3 is 2.67 bits per heavy atom. The molecule has 1 aromatic heterocycles. The summed E-state index contributed by atoms with van der Waals surface area (Å²) >= 11 is 3.38. The number of piperidine rings is 1. The average molecular weight is 393 g/mol. The molecule has 1 fully saturated rings. The van der Waals surface area contributed by atoms with Crippen molar-refractivity contribution >= 4 is 21.8 Å². The van der Waals surface area contributed by atoms with Crippen LogP contribution in [0.1, 0.15) is 29.2 Å². The first-order valence-electron chi connectivity index (χ1n) is 8.06. The minimum absolute atomic E-state index is 0.153. The van der Waals surface area contributed by atoms with E-state index in [2.05, 4.69) is 33.2 Å². The molecule has 128 valence electrons. The smallest absolute Gasteiger partial charge is 0.287 e. The molecule has 0 aliphatic carbocycles. The highest BCUT2D eigenvalue weighted by atomic mass is 79.9. The molecule has 0 bridgehead atoms. The fourth-order valence-electron chi connectivity index (χ4n) is 2.67. The van der Waals surface area contributed by atoms with Gasteiger partial charge in [-0.3, -0.25) is 4.79 Å². The first-order chi connectivity index (χ1) is 11.6. The van der Waals surface area contributed by atoms with E-state index in [0.29, 0.717) is 18.1 Å². The van der Waals surface area contributed by atoms with Gasteiger partial charge in [-0.05, 0) is 69.4 Å². The van der Waals surface area contributed by atoms with Crippen LogP contribution in [-0.2, 0) is 6.61 Å². The maximum absolute atomic E-state index is 12.3. The lowest BCUT2D eigenvalue weighted by molar-refractivity contribution is 0.0884. The van der Waals surface area contributed by atoms with Crippen LogP contribution >= 0.6 is 15.9 Å². The summed E-state index contributed by atoms with van der Waals surface area (Å²) in [7, 11) is 2.10. The van der Waals surface area contributed by atoms with Gasteiger partial charge in [-0.2, -0.15) is 0 Å². The van der Waals surface area contributed by atoms with E-state index >= 15 is 0 Å². The number of ether oxygens (including phenoxy) is 1. The highest BCUT2D eigenvalue weighted by Gasteiger charge is 2.20. The van der Waals surface area contributed by atoms with Crippen molar-refractivity contribution in [2.45, 2.75) is 25.5 Å². The van der Waals surface area contributed by atoms with E-state index in [4.69, 9.17) is 9.15 Å². The summed E-state index contributed by atoms with van der Waals surface area (Å²) in [4.78, 5) is 14.5. The number of furan rings is 1. The van der Waals surface area contributed by atoms with Gasteiger partial charge >= 0.3 is 0 Å². The van der Waals surface area contributed by atoms with Crippen LogP contribution in [0, 0.1) is 0 Å². The molecule has 0 radical (unpaired) electrons. The Morgan fingerprint density at radius 2 is 1.96 bits per heavy atom. The van der Waals surface area contributed by atoms with Crippen LogP contribution < -0.4 is 10.1 Å². The summed E-state index contributed by atoms with van der Waals surface area (Å²) in [5, 5.41) is 3.04. The van der Waals surface area contributed by atoms with E-state index in [0.717, 1.165) is 36.2 Å². The van der Waals surface area contributed by atoms with Crippen LogP contribution in [0.15, 0.2) is 45.3 Å². The van der Waals surface area contributed by atoms with Gasteiger partial charge < -0.3 is 19.4 Å². The van der Waals surface area contributed by atoms with Crippen molar-refractivity contribution < 1.29 is 13.9 Å². The highest BCUT2D eigenvalue weighted by molar-refractivity contribution is 9.10. The number of amides is 1. The van der Waals surface area contributed by atoms with Gasteiger partial charge in [0.05, 0.1) is 0 Å². The zero-order valence-electron chi connectivity index (χ0n) is 13.6. The van der Waals surface area contributed by atoms with E-state index in [-0.39, 0.29) is 11.9 Å². The lowest BCUT2D eigenvalue weighted by Gasteiger charge is -2.29. The van der Waals surface area contributed by atoms with Crippen molar-refractivity contribution in [2.75, 3.05) is 20.1 Å². The minimum atomic E-state index is -0.153. The molecule has 2 aromatic rings. The molecule has 1 aromatic carbocycles. The quantitative estimate of drug-likeness (QED) is 0.846. The number of hydrogen-bond acceptors (Lipinski definition) is 4. The number of carbonyl (C=O) groups excluding carboxylic acids is 1. The van der Waals surface area contributed by atoms with E-state index < -0.39 is 0 Å². The molecule has 1 aliphatic heterocycles. The molecule has 24 heavy (non-hydrogen) atoms. The average Bonchev–Trinajstić information content (AvgIpc) is 3.06. The summed E-state index contributed by atoms with van der Waals surface area (Å²) in [6.07, 6.45) is 1.95.